The van der Waals surface area contributed by atoms with E-state index in [1.165, 1.54) is 122 Å². The van der Waals surface area contributed by atoms with Crippen molar-refractivity contribution in [3.05, 3.63) is 12.2 Å². The van der Waals surface area contributed by atoms with Gasteiger partial charge in [0, 0.05) is 12.8 Å². The fourth-order valence-corrected chi connectivity index (χ4v) is 6.99. The molecule has 1 N–H and O–H groups in total. The van der Waals surface area contributed by atoms with Crippen molar-refractivity contribution in [2.75, 3.05) is 47.5 Å². The van der Waals surface area contributed by atoms with E-state index in [2.05, 4.69) is 26.0 Å². The second-order valence-electron chi connectivity index (χ2n) is 16.4. The summed E-state index contributed by atoms with van der Waals surface area (Å²) in [6, 6.07) is 0. The second-order valence-corrected chi connectivity index (χ2v) is 17.9. The van der Waals surface area contributed by atoms with Crippen LogP contribution in [0.3, 0.4) is 0 Å². The molecule has 0 heterocycles. The Bertz CT molecular complexity index is 938. The van der Waals surface area contributed by atoms with Gasteiger partial charge in [-0.05, 0) is 38.5 Å². The summed E-state index contributed by atoms with van der Waals surface area (Å²) < 4.78 is 34.3. The molecule has 10 heteroatoms. The number of phosphoric ester groups is 1. The lowest BCUT2D eigenvalue weighted by Gasteiger charge is -2.24. The largest absolute Gasteiger partial charge is 0.472 e. The smallest absolute Gasteiger partial charge is 0.462 e. The van der Waals surface area contributed by atoms with Gasteiger partial charge in [-0.15, -0.1) is 0 Å². The lowest BCUT2D eigenvalue weighted by atomic mass is 10.0. The highest BCUT2D eigenvalue weighted by atomic mass is 31.2. The molecule has 2 atom stereocenters. The van der Waals surface area contributed by atoms with E-state index in [9.17, 15) is 19.0 Å². The molecule has 2 unspecified atom stereocenters. The molecule has 0 aromatic carbocycles. The number of carbonyl (C=O) groups excluding carboxylic acids is 2. The minimum atomic E-state index is -4.37. The third-order valence-corrected chi connectivity index (χ3v) is 10.8. The first-order chi connectivity index (χ1) is 26.0. The first kappa shape index (κ1) is 52.8. The van der Waals surface area contributed by atoms with Gasteiger partial charge in [0.15, 0.2) is 6.10 Å². The molecule has 0 aromatic rings. The maximum absolute atomic E-state index is 12.7. The Morgan fingerprint density at radius 3 is 1.37 bits per heavy atom. The van der Waals surface area contributed by atoms with Crippen LogP contribution in [0.4, 0.5) is 0 Å². The molecule has 0 saturated heterocycles. The lowest BCUT2D eigenvalue weighted by Crippen LogP contribution is -2.37. The fourth-order valence-electron chi connectivity index (χ4n) is 6.24. The number of allylic oxidation sites excluding steroid dienone is 2. The quantitative estimate of drug-likeness (QED) is 0.0214. The number of likely N-dealkylation sites (N-methyl/N-ethyl adjacent to an activating group) is 1. The number of carbonyl (C=O) groups is 2. The zero-order valence-electron chi connectivity index (χ0n) is 36.0. The lowest BCUT2D eigenvalue weighted by molar-refractivity contribution is -0.870. The predicted molar refractivity (Wildman–Crippen MR) is 224 cm³/mol. The molecule has 0 saturated carbocycles. The summed E-state index contributed by atoms with van der Waals surface area (Å²) in [5, 5.41) is 0. The minimum Gasteiger partial charge on any atom is -0.462 e. The van der Waals surface area contributed by atoms with Gasteiger partial charge < -0.3 is 18.9 Å². The van der Waals surface area contributed by atoms with Gasteiger partial charge in [0.25, 0.3) is 0 Å². The van der Waals surface area contributed by atoms with E-state index in [4.69, 9.17) is 18.5 Å². The summed E-state index contributed by atoms with van der Waals surface area (Å²) in [5.74, 6) is -0.798. The summed E-state index contributed by atoms with van der Waals surface area (Å²) in [6.07, 6.45) is 38.2. The summed E-state index contributed by atoms with van der Waals surface area (Å²) in [7, 11) is 1.48. The highest BCUT2D eigenvalue weighted by molar-refractivity contribution is 7.47. The molecule has 9 nitrogen and oxygen atoms in total. The number of quaternary nitrogens is 1. The van der Waals surface area contributed by atoms with Crippen LogP contribution >= 0.6 is 7.82 Å². The molecule has 0 aromatic heterocycles. The Kier molecular flexibility index (Phi) is 36.5. The topological polar surface area (TPSA) is 108 Å². The number of rotatable bonds is 41. The summed E-state index contributed by atoms with van der Waals surface area (Å²) >= 11 is 0. The number of unbranched alkanes of at least 4 members (excludes halogenated alkanes) is 25. The van der Waals surface area contributed by atoms with Crippen molar-refractivity contribution < 1.29 is 42.1 Å². The summed E-state index contributed by atoms with van der Waals surface area (Å²) in [6.45, 7) is 4.43. The number of hydrogen-bond acceptors (Lipinski definition) is 7. The van der Waals surface area contributed by atoms with E-state index in [1.54, 1.807) is 0 Å². The number of esters is 2. The average molecular weight is 789 g/mol. The molecule has 0 aliphatic carbocycles. The van der Waals surface area contributed by atoms with Gasteiger partial charge in [-0.25, -0.2) is 4.57 Å². The van der Waals surface area contributed by atoms with Gasteiger partial charge in [0.05, 0.1) is 27.7 Å². The number of hydrogen-bond donors (Lipinski definition) is 1. The monoisotopic (exact) mass is 789 g/mol. The van der Waals surface area contributed by atoms with Gasteiger partial charge in [-0.1, -0.05) is 167 Å². The van der Waals surface area contributed by atoms with E-state index in [0.717, 1.165) is 51.4 Å². The molecule has 0 spiro atoms. The Labute approximate surface area is 333 Å². The van der Waals surface area contributed by atoms with Gasteiger partial charge in [-0.3, -0.25) is 18.6 Å². The van der Waals surface area contributed by atoms with Crippen LogP contribution in [0.1, 0.15) is 206 Å². The molecule has 0 aliphatic rings. The predicted octanol–water partition coefficient (Wildman–Crippen LogP) is 12.6. The SMILES string of the molecule is CCCCCCCCC/C=C\CCCCCCCC(=O)OC(COC(=O)CCCCCCCCCCCCCCCC)COP(=O)(O)OCC[N+](C)(C)C. The first-order valence-corrected chi connectivity index (χ1v) is 23.9. The molecule has 0 rings (SSSR count). The van der Waals surface area contributed by atoms with Crippen LogP contribution in [0.5, 0.6) is 0 Å². The van der Waals surface area contributed by atoms with Crippen LogP contribution in [0, 0.1) is 0 Å². The van der Waals surface area contributed by atoms with E-state index < -0.39 is 26.5 Å². The Hall–Kier alpha value is -1.25. The summed E-state index contributed by atoms with van der Waals surface area (Å²) in [5.41, 5.74) is 0. The van der Waals surface area contributed by atoms with Gasteiger partial charge in [0.1, 0.15) is 19.8 Å². The van der Waals surface area contributed by atoms with E-state index in [0.29, 0.717) is 23.9 Å². The average Bonchev–Trinajstić information content (AvgIpc) is 3.12. The standard InChI is InChI=1S/C44H86NO8P/c1-6-8-10-12-14-16-18-20-22-23-25-27-29-31-33-35-37-44(47)53-42(41-52-54(48,49)51-39-38-45(3,4)5)40-50-43(46)36-34-32-30-28-26-24-21-19-17-15-13-11-9-7-2/h22-23,42H,6-21,24-41H2,1-5H3/p+1/b23-22-. The minimum absolute atomic E-state index is 0.0332. The zero-order chi connectivity index (χ0) is 40.0. The first-order valence-electron chi connectivity index (χ1n) is 22.4. The molecule has 0 amide bonds. The van der Waals surface area contributed by atoms with Crippen molar-refractivity contribution in [1.82, 2.24) is 0 Å². The fraction of sp³-hybridized carbons (Fsp3) is 0.909. The van der Waals surface area contributed by atoms with Gasteiger partial charge >= 0.3 is 19.8 Å². The van der Waals surface area contributed by atoms with Crippen molar-refractivity contribution in [2.24, 2.45) is 0 Å². The van der Waals surface area contributed by atoms with E-state index in [-0.39, 0.29) is 25.6 Å². The van der Waals surface area contributed by atoms with Crippen molar-refractivity contribution in [1.29, 1.82) is 0 Å². The Morgan fingerprint density at radius 2 is 0.944 bits per heavy atom. The number of nitrogens with zero attached hydrogens (tertiary/aromatic N) is 1. The van der Waals surface area contributed by atoms with Crippen molar-refractivity contribution >= 4 is 19.8 Å². The van der Waals surface area contributed by atoms with E-state index >= 15 is 0 Å². The Balaban J connectivity index is 4.34. The molecule has 0 aliphatic heterocycles. The third kappa shape index (κ3) is 40.4. The Morgan fingerprint density at radius 1 is 0.556 bits per heavy atom. The molecule has 0 bridgehead atoms. The third-order valence-electron chi connectivity index (χ3n) is 9.80. The molecular weight excluding hydrogens is 701 g/mol. The second kappa shape index (κ2) is 37.3. The van der Waals surface area contributed by atoms with Crippen molar-refractivity contribution in [3.8, 4) is 0 Å². The van der Waals surface area contributed by atoms with Gasteiger partial charge in [0.2, 0.25) is 0 Å². The highest BCUT2D eigenvalue weighted by Crippen LogP contribution is 2.43. The van der Waals surface area contributed by atoms with Crippen LogP contribution < -0.4 is 0 Å². The maximum atomic E-state index is 12.7. The van der Waals surface area contributed by atoms with Crippen molar-refractivity contribution in [3.63, 3.8) is 0 Å². The molecule has 0 fully saturated rings. The number of ether oxygens (including phenoxy) is 2. The maximum Gasteiger partial charge on any atom is 0.472 e. The van der Waals surface area contributed by atoms with Crippen LogP contribution in [0.25, 0.3) is 0 Å². The van der Waals surface area contributed by atoms with Crippen LogP contribution in [0.15, 0.2) is 12.2 Å². The van der Waals surface area contributed by atoms with Gasteiger partial charge in [-0.2, -0.15) is 0 Å². The van der Waals surface area contributed by atoms with Crippen LogP contribution in [0.2, 0.25) is 0 Å². The molecule has 0 radical (unpaired) electrons. The molecule has 320 valence electrons. The summed E-state index contributed by atoms with van der Waals surface area (Å²) in [4.78, 5) is 35.3. The highest BCUT2D eigenvalue weighted by Gasteiger charge is 2.27. The van der Waals surface area contributed by atoms with Crippen molar-refractivity contribution in [2.45, 2.75) is 213 Å². The normalized spacial score (nSPS) is 13.7. The molecular formula is C44H87NO8P+. The van der Waals surface area contributed by atoms with Crippen LogP contribution in [-0.4, -0.2) is 74.9 Å². The molecule has 54 heavy (non-hydrogen) atoms. The number of phosphoric acid groups is 1. The van der Waals surface area contributed by atoms with Crippen LogP contribution in [-0.2, 0) is 32.7 Å². The zero-order valence-corrected chi connectivity index (χ0v) is 36.9. The van der Waals surface area contributed by atoms with E-state index in [1.807, 2.05) is 21.1 Å².